The van der Waals surface area contributed by atoms with Crippen molar-refractivity contribution in [1.29, 1.82) is 0 Å². The van der Waals surface area contributed by atoms with Crippen molar-refractivity contribution in [2.45, 2.75) is 13.2 Å². The van der Waals surface area contributed by atoms with E-state index in [4.69, 9.17) is 5.11 Å². The summed E-state index contributed by atoms with van der Waals surface area (Å²) in [7, 11) is 0. The summed E-state index contributed by atoms with van der Waals surface area (Å²) in [6.45, 7) is 1.33. The zero-order valence-corrected chi connectivity index (χ0v) is 7.92. The molecule has 4 heteroatoms. The van der Waals surface area contributed by atoms with Crippen LogP contribution in [0.4, 0.5) is 5.69 Å². The maximum Gasteiger partial charge on any atom is 0.323 e. The van der Waals surface area contributed by atoms with Gasteiger partial charge in [-0.05, 0) is 19.1 Å². The third-order valence-corrected chi connectivity index (χ3v) is 1.84. The van der Waals surface area contributed by atoms with Gasteiger partial charge in [0.05, 0.1) is 0 Å². The second-order valence-electron chi connectivity index (χ2n) is 2.99. The predicted octanol–water partition coefficient (Wildman–Crippen LogP) is 0.916. The van der Waals surface area contributed by atoms with Gasteiger partial charge in [0.25, 0.3) is 0 Å². The summed E-state index contributed by atoms with van der Waals surface area (Å²) >= 11 is 0. The quantitative estimate of drug-likeness (QED) is 0.701. The zero-order chi connectivity index (χ0) is 10.6. The van der Waals surface area contributed by atoms with Crippen LogP contribution in [0.5, 0.6) is 0 Å². The van der Waals surface area contributed by atoms with Crippen LogP contribution in [0.1, 0.15) is 6.92 Å². The number of nitrogens with zero attached hydrogens (tertiary/aromatic N) is 1. The first kappa shape index (κ1) is 10.5. The minimum atomic E-state index is -0.963. The number of rotatable bonds is 4. The molecule has 0 radical (unpaired) electrons. The number of carbonyl (C=O) groups is 1. The lowest BCUT2D eigenvalue weighted by atomic mass is 10.3. The van der Waals surface area contributed by atoms with Gasteiger partial charge in [0.15, 0.2) is 0 Å². The zero-order valence-electron chi connectivity index (χ0n) is 7.92. The molecule has 1 rings (SSSR count). The fourth-order valence-electron chi connectivity index (χ4n) is 1.20. The van der Waals surface area contributed by atoms with E-state index in [1.807, 2.05) is 6.07 Å². The Morgan fingerprint density at radius 3 is 2.43 bits per heavy atom. The molecule has 1 atom stereocenters. The van der Waals surface area contributed by atoms with Crippen LogP contribution in [0.2, 0.25) is 0 Å². The van der Waals surface area contributed by atoms with Gasteiger partial charge in [-0.3, -0.25) is 4.79 Å². The third kappa shape index (κ3) is 2.74. The summed E-state index contributed by atoms with van der Waals surface area (Å²) in [5.74, 6) is -0.963. The standard InChI is InChI=1S/C10H13NO3/c1-8(12)11(7-10(13)14)9-5-3-2-4-6-9/h2-6,8,12H,7H2,1H3,(H,13,14). The number of carboxylic acids is 1. The maximum absolute atomic E-state index is 10.5. The van der Waals surface area contributed by atoms with Gasteiger partial charge in [-0.2, -0.15) is 0 Å². The molecule has 0 saturated heterocycles. The molecule has 1 aromatic rings. The van der Waals surface area contributed by atoms with Crippen LogP contribution in [-0.4, -0.2) is 29.0 Å². The van der Waals surface area contributed by atoms with E-state index in [1.54, 1.807) is 24.3 Å². The number of para-hydroxylation sites is 1. The lowest BCUT2D eigenvalue weighted by Gasteiger charge is -2.25. The molecule has 2 N–H and O–H groups in total. The molecule has 1 unspecified atom stereocenters. The van der Waals surface area contributed by atoms with E-state index in [1.165, 1.54) is 11.8 Å². The second kappa shape index (κ2) is 4.62. The lowest BCUT2D eigenvalue weighted by Crippen LogP contribution is -2.37. The molecule has 0 aromatic heterocycles. The Morgan fingerprint density at radius 2 is 2.00 bits per heavy atom. The van der Waals surface area contributed by atoms with Crippen LogP contribution in [0.25, 0.3) is 0 Å². The molecular weight excluding hydrogens is 182 g/mol. The van der Waals surface area contributed by atoms with Gasteiger partial charge in [-0.15, -0.1) is 0 Å². The fourth-order valence-corrected chi connectivity index (χ4v) is 1.20. The normalized spacial score (nSPS) is 12.1. The number of aliphatic hydroxyl groups is 1. The van der Waals surface area contributed by atoms with E-state index in [9.17, 15) is 9.90 Å². The van der Waals surface area contributed by atoms with E-state index < -0.39 is 12.2 Å². The third-order valence-electron chi connectivity index (χ3n) is 1.84. The predicted molar refractivity (Wildman–Crippen MR) is 53.1 cm³/mol. The number of hydrogen-bond donors (Lipinski definition) is 2. The molecule has 0 spiro atoms. The summed E-state index contributed by atoms with van der Waals surface area (Å²) in [4.78, 5) is 11.9. The van der Waals surface area contributed by atoms with Crippen molar-refractivity contribution in [2.75, 3.05) is 11.4 Å². The van der Waals surface area contributed by atoms with Crippen LogP contribution in [0.3, 0.4) is 0 Å². The SMILES string of the molecule is CC(O)N(CC(=O)O)c1ccccc1. The molecule has 0 fully saturated rings. The molecule has 0 saturated carbocycles. The van der Waals surface area contributed by atoms with Crippen LogP contribution in [0, 0.1) is 0 Å². The average molecular weight is 195 g/mol. The molecule has 0 aliphatic rings. The molecule has 0 amide bonds. The van der Waals surface area contributed by atoms with Crippen molar-refractivity contribution in [3.05, 3.63) is 30.3 Å². The number of anilines is 1. The first-order chi connectivity index (χ1) is 6.61. The first-order valence-electron chi connectivity index (χ1n) is 4.33. The Hall–Kier alpha value is -1.55. The Morgan fingerprint density at radius 1 is 1.43 bits per heavy atom. The number of aliphatic carboxylic acids is 1. The highest BCUT2D eigenvalue weighted by molar-refractivity contribution is 5.73. The van der Waals surface area contributed by atoms with Gasteiger partial charge in [-0.25, -0.2) is 0 Å². The van der Waals surface area contributed by atoms with E-state index in [2.05, 4.69) is 0 Å². The van der Waals surface area contributed by atoms with Gasteiger partial charge >= 0.3 is 5.97 Å². The lowest BCUT2D eigenvalue weighted by molar-refractivity contribution is -0.135. The van der Waals surface area contributed by atoms with Crippen molar-refractivity contribution in [3.63, 3.8) is 0 Å². The monoisotopic (exact) mass is 195 g/mol. The molecular formula is C10H13NO3. The fraction of sp³-hybridized carbons (Fsp3) is 0.300. The number of hydrogen-bond acceptors (Lipinski definition) is 3. The molecule has 0 heterocycles. The van der Waals surface area contributed by atoms with Crippen LogP contribution in [0.15, 0.2) is 30.3 Å². The highest BCUT2D eigenvalue weighted by atomic mass is 16.4. The van der Waals surface area contributed by atoms with Gasteiger partial charge in [0.1, 0.15) is 12.8 Å². The summed E-state index contributed by atoms with van der Waals surface area (Å²) in [6, 6.07) is 8.95. The van der Waals surface area contributed by atoms with Crippen molar-refractivity contribution in [3.8, 4) is 0 Å². The minimum absolute atomic E-state index is 0.207. The van der Waals surface area contributed by atoms with Crippen molar-refractivity contribution in [2.24, 2.45) is 0 Å². The van der Waals surface area contributed by atoms with Crippen LogP contribution < -0.4 is 4.90 Å². The van der Waals surface area contributed by atoms with Crippen molar-refractivity contribution >= 4 is 11.7 Å². The molecule has 76 valence electrons. The van der Waals surface area contributed by atoms with Gasteiger partial charge < -0.3 is 15.1 Å². The Labute approximate surface area is 82.4 Å². The molecule has 4 nitrogen and oxygen atoms in total. The smallest absolute Gasteiger partial charge is 0.323 e. The Balaban J connectivity index is 2.83. The minimum Gasteiger partial charge on any atom is -0.480 e. The van der Waals surface area contributed by atoms with Crippen LogP contribution in [-0.2, 0) is 4.79 Å². The first-order valence-corrected chi connectivity index (χ1v) is 4.33. The van der Waals surface area contributed by atoms with Crippen molar-refractivity contribution in [1.82, 2.24) is 0 Å². The summed E-state index contributed by atoms with van der Waals surface area (Å²) in [6.07, 6.45) is -0.812. The summed E-state index contributed by atoms with van der Waals surface area (Å²) in [5.41, 5.74) is 0.699. The highest BCUT2D eigenvalue weighted by Gasteiger charge is 2.14. The van der Waals surface area contributed by atoms with E-state index in [0.29, 0.717) is 5.69 Å². The van der Waals surface area contributed by atoms with E-state index in [0.717, 1.165) is 0 Å². The van der Waals surface area contributed by atoms with Crippen molar-refractivity contribution < 1.29 is 15.0 Å². The van der Waals surface area contributed by atoms with Crippen LogP contribution >= 0.6 is 0 Å². The average Bonchev–Trinajstić information content (AvgIpc) is 2.15. The molecule has 0 aliphatic heterocycles. The van der Waals surface area contributed by atoms with Gasteiger partial charge in [0.2, 0.25) is 0 Å². The summed E-state index contributed by atoms with van der Waals surface area (Å²) in [5, 5.41) is 18.0. The maximum atomic E-state index is 10.5. The van der Waals surface area contributed by atoms with E-state index >= 15 is 0 Å². The topological polar surface area (TPSA) is 60.8 Å². The van der Waals surface area contributed by atoms with Gasteiger partial charge in [0, 0.05) is 5.69 Å². The number of aliphatic hydroxyl groups excluding tert-OH is 1. The largest absolute Gasteiger partial charge is 0.480 e. The number of carboxylic acid groups (broad SMARTS) is 1. The molecule has 0 bridgehead atoms. The highest BCUT2D eigenvalue weighted by Crippen LogP contribution is 2.14. The summed E-state index contributed by atoms with van der Waals surface area (Å²) < 4.78 is 0. The van der Waals surface area contributed by atoms with E-state index in [-0.39, 0.29) is 6.54 Å². The Bertz CT molecular complexity index is 297. The van der Waals surface area contributed by atoms with Gasteiger partial charge in [-0.1, -0.05) is 18.2 Å². The number of benzene rings is 1. The molecule has 14 heavy (non-hydrogen) atoms. The Kier molecular flexibility index (Phi) is 3.48. The molecule has 0 aliphatic carbocycles. The molecule has 1 aromatic carbocycles. The second-order valence-corrected chi connectivity index (χ2v) is 2.99.